The summed E-state index contributed by atoms with van der Waals surface area (Å²) >= 11 is 5.69. The van der Waals surface area contributed by atoms with Gasteiger partial charge in [0.2, 0.25) is 0 Å². The van der Waals surface area contributed by atoms with E-state index in [0.29, 0.717) is 0 Å². The van der Waals surface area contributed by atoms with Gasteiger partial charge in [-0.25, -0.2) is 4.39 Å². The van der Waals surface area contributed by atoms with Crippen molar-refractivity contribution >= 4 is 17.5 Å². The van der Waals surface area contributed by atoms with Crippen molar-refractivity contribution in [2.45, 2.75) is 18.9 Å². The summed E-state index contributed by atoms with van der Waals surface area (Å²) in [5.41, 5.74) is 0.0449. The first-order chi connectivity index (χ1) is 8.61. The lowest BCUT2D eigenvalue weighted by molar-refractivity contribution is 0.0698. The SMILES string of the molecule is CN(C(=O)c1cccc(Cl)c1F)C1CCNCC1. The zero-order valence-electron chi connectivity index (χ0n) is 10.2. The number of piperidine rings is 1. The summed E-state index contributed by atoms with van der Waals surface area (Å²) in [6.07, 6.45) is 1.79. The van der Waals surface area contributed by atoms with Gasteiger partial charge in [0.15, 0.2) is 5.82 Å². The van der Waals surface area contributed by atoms with Crippen molar-refractivity contribution in [3.63, 3.8) is 0 Å². The van der Waals surface area contributed by atoms with E-state index in [4.69, 9.17) is 11.6 Å². The van der Waals surface area contributed by atoms with Crippen LogP contribution in [0.5, 0.6) is 0 Å². The maximum Gasteiger partial charge on any atom is 0.256 e. The highest BCUT2D eigenvalue weighted by Gasteiger charge is 2.25. The van der Waals surface area contributed by atoms with Crippen LogP contribution in [-0.4, -0.2) is 37.0 Å². The molecule has 0 unspecified atom stereocenters. The van der Waals surface area contributed by atoms with Crippen LogP contribution in [-0.2, 0) is 0 Å². The van der Waals surface area contributed by atoms with Crippen molar-refractivity contribution in [3.8, 4) is 0 Å². The van der Waals surface area contributed by atoms with Crippen LogP contribution in [0.15, 0.2) is 18.2 Å². The van der Waals surface area contributed by atoms with E-state index in [1.54, 1.807) is 18.0 Å². The average molecular weight is 271 g/mol. The molecule has 2 rings (SSSR count). The highest BCUT2D eigenvalue weighted by molar-refractivity contribution is 6.31. The molecule has 18 heavy (non-hydrogen) atoms. The Kier molecular flexibility index (Phi) is 4.19. The van der Waals surface area contributed by atoms with Crippen LogP contribution in [0.1, 0.15) is 23.2 Å². The normalized spacial score (nSPS) is 16.6. The molecule has 0 radical (unpaired) electrons. The quantitative estimate of drug-likeness (QED) is 0.894. The number of carbonyl (C=O) groups is 1. The van der Waals surface area contributed by atoms with Crippen LogP contribution < -0.4 is 5.32 Å². The molecule has 1 N–H and O–H groups in total. The van der Waals surface area contributed by atoms with Gasteiger partial charge in [0, 0.05) is 13.1 Å². The summed E-state index contributed by atoms with van der Waals surface area (Å²) in [5.74, 6) is -0.938. The third-order valence-corrected chi connectivity index (χ3v) is 3.65. The smallest absolute Gasteiger partial charge is 0.256 e. The first-order valence-electron chi connectivity index (χ1n) is 6.03. The summed E-state index contributed by atoms with van der Waals surface area (Å²) in [6, 6.07) is 4.67. The van der Waals surface area contributed by atoms with Crippen molar-refractivity contribution in [3.05, 3.63) is 34.6 Å². The van der Waals surface area contributed by atoms with Crippen molar-refractivity contribution in [2.75, 3.05) is 20.1 Å². The molecule has 1 saturated heterocycles. The number of rotatable bonds is 2. The third-order valence-electron chi connectivity index (χ3n) is 3.36. The van der Waals surface area contributed by atoms with Gasteiger partial charge in [-0.2, -0.15) is 0 Å². The van der Waals surface area contributed by atoms with E-state index in [1.807, 2.05) is 0 Å². The highest BCUT2D eigenvalue weighted by atomic mass is 35.5. The zero-order chi connectivity index (χ0) is 13.1. The molecule has 0 aliphatic carbocycles. The fraction of sp³-hybridized carbons (Fsp3) is 0.462. The maximum atomic E-state index is 13.8. The first-order valence-corrected chi connectivity index (χ1v) is 6.41. The Morgan fingerprint density at radius 1 is 1.44 bits per heavy atom. The minimum atomic E-state index is -0.634. The van der Waals surface area contributed by atoms with E-state index in [2.05, 4.69) is 5.32 Å². The van der Waals surface area contributed by atoms with Crippen LogP contribution in [0, 0.1) is 5.82 Å². The number of nitrogens with one attached hydrogen (secondary N) is 1. The first kappa shape index (κ1) is 13.3. The Morgan fingerprint density at radius 2 is 2.11 bits per heavy atom. The van der Waals surface area contributed by atoms with Crippen LogP contribution in [0.4, 0.5) is 4.39 Å². The predicted octanol–water partition coefficient (Wildman–Crippen LogP) is 2.30. The lowest BCUT2D eigenvalue weighted by atomic mass is 10.0. The van der Waals surface area contributed by atoms with Gasteiger partial charge in [0.1, 0.15) is 0 Å². The number of nitrogens with zero attached hydrogens (tertiary/aromatic N) is 1. The van der Waals surface area contributed by atoms with Crippen LogP contribution in [0.2, 0.25) is 5.02 Å². The van der Waals surface area contributed by atoms with Crippen LogP contribution in [0.25, 0.3) is 0 Å². The Hall–Kier alpha value is -1.13. The summed E-state index contributed by atoms with van der Waals surface area (Å²) in [7, 11) is 1.72. The second kappa shape index (κ2) is 5.67. The third kappa shape index (κ3) is 2.65. The number of hydrogen-bond donors (Lipinski definition) is 1. The van der Waals surface area contributed by atoms with Crippen LogP contribution in [0.3, 0.4) is 0 Å². The molecule has 0 bridgehead atoms. The molecule has 1 amide bonds. The molecule has 5 heteroatoms. The van der Waals surface area contributed by atoms with E-state index in [-0.39, 0.29) is 22.5 Å². The number of hydrogen-bond acceptors (Lipinski definition) is 2. The molecule has 98 valence electrons. The van der Waals surface area contributed by atoms with Crippen molar-refractivity contribution in [1.29, 1.82) is 0 Å². The Labute approximate surface area is 111 Å². The largest absolute Gasteiger partial charge is 0.339 e. The molecule has 1 aromatic rings. The number of benzene rings is 1. The molecule has 1 aliphatic heterocycles. The predicted molar refractivity (Wildman–Crippen MR) is 69.4 cm³/mol. The fourth-order valence-corrected chi connectivity index (χ4v) is 2.39. The number of carbonyl (C=O) groups excluding carboxylic acids is 1. The lowest BCUT2D eigenvalue weighted by Crippen LogP contribution is -2.44. The lowest BCUT2D eigenvalue weighted by Gasteiger charge is -2.31. The van der Waals surface area contributed by atoms with Crippen LogP contribution >= 0.6 is 11.6 Å². The molecular weight excluding hydrogens is 255 g/mol. The molecule has 1 heterocycles. The van der Waals surface area contributed by atoms with Gasteiger partial charge in [0.05, 0.1) is 10.6 Å². The van der Waals surface area contributed by atoms with Crippen molar-refractivity contribution in [2.24, 2.45) is 0 Å². The molecular formula is C13H16ClFN2O. The Balaban J connectivity index is 2.17. The molecule has 0 spiro atoms. The zero-order valence-corrected chi connectivity index (χ0v) is 11.0. The minimum Gasteiger partial charge on any atom is -0.339 e. The van der Waals surface area contributed by atoms with Gasteiger partial charge in [-0.3, -0.25) is 4.79 Å². The summed E-state index contributed by atoms with van der Waals surface area (Å²) in [4.78, 5) is 13.8. The number of amides is 1. The second-order valence-electron chi connectivity index (χ2n) is 4.50. The van der Waals surface area contributed by atoms with E-state index in [0.717, 1.165) is 25.9 Å². The minimum absolute atomic E-state index is 0.0143. The topological polar surface area (TPSA) is 32.3 Å². The van der Waals surface area contributed by atoms with Gasteiger partial charge in [0.25, 0.3) is 5.91 Å². The van der Waals surface area contributed by atoms with Crippen molar-refractivity contribution in [1.82, 2.24) is 10.2 Å². The molecule has 0 saturated carbocycles. The van der Waals surface area contributed by atoms with Gasteiger partial charge < -0.3 is 10.2 Å². The Bertz CT molecular complexity index is 447. The molecule has 3 nitrogen and oxygen atoms in total. The van der Waals surface area contributed by atoms with E-state index >= 15 is 0 Å². The standard InChI is InChI=1S/C13H16ClFN2O/c1-17(9-5-7-16-8-6-9)13(18)10-3-2-4-11(14)12(10)15/h2-4,9,16H,5-8H2,1H3. The summed E-state index contributed by atoms with van der Waals surface area (Å²) in [6.45, 7) is 1.78. The van der Waals surface area contributed by atoms with Gasteiger partial charge >= 0.3 is 0 Å². The van der Waals surface area contributed by atoms with E-state index in [9.17, 15) is 9.18 Å². The highest BCUT2D eigenvalue weighted by Crippen LogP contribution is 2.21. The van der Waals surface area contributed by atoms with E-state index in [1.165, 1.54) is 12.1 Å². The molecule has 1 aromatic carbocycles. The second-order valence-corrected chi connectivity index (χ2v) is 4.91. The molecule has 0 aromatic heterocycles. The summed E-state index contributed by atoms with van der Waals surface area (Å²) in [5, 5.41) is 3.22. The Morgan fingerprint density at radius 3 is 2.78 bits per heavy atom. The van der Waals surface area contributed by atoms with Gasteiger partial charge in [-0.15, -0.1) is 0 Å². The monoisotopic (exact) mass is 270 g/mol. The molecule has 0 atom stereocenters. The van der Waals surface area contributed by atoms with Gasteiger partial charge in [-0.05, 0) is 38.1 Å². The number of halogens is 2. The van der Waals surface area contributed by atoms with E-state index < -0.39 is 5.82 Å². The van der Waals surface area contributed by atoms with Gasteiger partial charge in [-0.1, -0.05) is 17.7 Å². The fourth-order valence-electron chi connectivity index (χ4n) is 2.22. The maximum absolute atomic E-state index is 13.8. The van der Waals surface area contributed by atoms with Crippen molar-refractivity contribution < 1.29 is 9.18 Å². The average Bonchev–Trinajstić information content (AvgIpc) is 2.41. The molecule has 1 fully saturated rings. The summed E-state index contributed by atoms with van der Waals surface area (Å²) < 4.78 is 13.8. The molecule has 1 aliphatic rings.